The smallest absolute Gasteiger partial charge is 0.0897 e. The lowest BCUT2D eigenvalue weighted by molar-refractivity contribution is 0.239. The van der Waals surface area contributed by atoms with Crippen molar-refractivity contribution >= 4 is 11.3 Å². The number of unbranched alkanes of at least 4 members (excludes halogenated alkanes) is 1. The molecule has 1 aromatic rings. The number of hydrogen-bond acceptors (Lipinski definition) is 4. The van der Waals surface area contributed by atoms with Gasteiger partial charge in [0.25, 0.3) is 0 Å². The van der Waals surface area contributed by atoms with E-state index >= 15 is 0 Å². The second kappa shape index (κ2) is 7.22. The third-order valence-corrected chi connectivity index (χ3v) is 4.41. The Balaban J connectivity index is 1.86. The van der Waals surface area contributed by atoms with Crippen LogP contribution in [0.25, 0.3) is 0 Å². The quantitative estimate of drug-likeness (QED) is 0.823. The summed E-state index contributed by atoms with van der Waals surface area (Å²) in [6.45, 7) is 9.03. The molecule has 1 N–H and O–H groups in total. The Hall–Kier alpha value is -0.450. The van der Waals surface area contributed by atoms with Gasteiger partial charge in [-0.25, -0.2) is 4.98 Å². The van der Waals surface area contributed by atoms with E-state index in [1.165, 1.54) is 55.2 Å². The average Bonchev–Trinajstić information content (AvgIpc) is 2.98. The van der Waals surface area contributed by atoms with E-state index in [0.717, 1.165) is 6.54 Å². The highest BCUT2D eigenvalue weighted by molar-refractivity contribution is 7.11. The fourth-order valence-electron chi connectivity index (χ4n) is 2.54. The average molecular weight is 267 g/mol. The summed E-state index contributed by atoms with van der Waals surface area (Å²) in [5.41, 5.74) is 0. The number of hydrogen-bond donors (Lipinski definition) is 1. The second-order valence-electron chi connectivity index (χ2n) is 5.23. The predicted molar refractivity (Wildman–Crippen MR) is 78.1 cm³/mol. The first-order valence-corrected chi connectivity index (χ1v) is 7.96. The van der Waals surface area contributed by atoms with Gasteiger partial charge in [-0.05, 0) is 39.3 Å². The van der Waals surface area contributed by atoms with E-state index < -0.39 is 0 Å². The molecule has 0 saturated carbocycles. The molecular formula is C14H25N3S. The van der Waals surface area contributed by atoms with Crippen molar-refractivity contribution in [2.45, 2.75) is 52.1 Å². The van der Waals surface area contributed by atoms with Gasteiger partial charge in [-0.3, -0.25) is 4.90 Å². The molecule has 0 spiro atoms. The lowest BCUT2D eigenvalue weighted by Gasteiger charge is -2.24. The molecule has 102 valence electrons. The van der Waals surface area contributed by atoms with Crippen molar-refractivity contribution in [1.29, 1.82) is 0 Å². The highest BCUT2D eigenvalue weighted by Gasteiger charge is 2.18. The normalized spacial score (nSPS) is 19.8. The van der Waals surface area contributed by atoms with E-state index in [2.05, 4.69) is 29.0 Å². The van der Waals surface area contributed by atoms with Gasteiger partial charge in [0.1, 0.15) is 0 Å². The van der Waals surface area contributed by atoms with Crippen molar-refractivity contribution in [2.24, 2.45) is 0 Å². The largest absolute Gasteiger partial charge is 0.313 e. The number of rotatable bonds is 7. The maximum Gasteiger partial charge on any atom is 0.0897 e. The van der Waals surface area contributed by atoms with Crippen molar-refractivity contribution in [2.75, 3.05) is 19.6 Å². The lowest BCUT2D eigenvalue weighted by Crippen LogP contribution is -2.37. The Kier molecular flexibility index (Phi) is 5.60. The third-order valence-electron chi connectivity index (χ3n) is 3.52. The van der Waals surface area contributed by atoms with Gasteiger partial charge in [0.05, 0.1) is 5.01 Å². The molecule has 1 aliphatic heterocycles. The predicted octanol–water partition coefficient (Wildman–Crippen LogP) is 2.81. The molecule has 0 bridgehead atoms. The summed E-state index contributed by atoms with van der Waals surface area (Å²) >= 11 is 1.83. The number of nitrogens with one attached hydrogen (secondary N) is 1. The van der Waals surface area contributed by atoms with Crippen LogP contribution in [0.1, 0.15) is 42.5 Å². The fourth-order valence-corrected chi connectivity index (χ4v) is 3.38. The van der Waals surface area contributed by atoms with E-state index in [4.69, 9.17) is 0 Å². The van der Waals surface area contributed by atoms with Crippen LogP contribution in [0.15, 0.2) is 6.20 Å². The number of aromatic nitrogens is 1. The highest BCUT2D eigenvalue weighted by Crippen LogP contribution is 2.16. The zero-order chi connectivity index (χ0) is 12.8. The molecule has 1 atom stereocenters. The molecule has 3 nitrogen and oxygen atoms in total. The molecule has 1 unspecified atom stereocenters. The first-order valence-electron chi connectivity index (χ1n) is 7.15. The summed E-state index contributed by atoms with van der Waals surface area (Å²) in [5.74, 6) is 0. The molecule has 0 radical (unpaired) electrons. The molecule has 18 heavy (non-hydrogen) atoms. The minimum absolute atomic E-state index is 0.705. The fraction of sp³-hybridized carbons (Fsp3) is 0.786. The van der Waals surface area contributed by atoms with Crippen LogP contribution in [0.5, 0.6) is 0 Å². The summed E-state index contributed by atoms with van der Waals surface area (Å²) < 4.78 is 0. The van der Waals surface area contributed by atoms with Crippen LogP contribution in [-0.4, -0.2) is 35.6 Å². The molecule has 0 aromatic carbocycles. The molecule has 1 aliphatic rings. The summed E-state index contributed by atoms with van der Waals surface area (Å²) in [5, 5.41) is 4.78. The third kappa shape index (κ3) is 4.34. The monoisotopic (exact) mass is 267 g/mol. The Labute approximate surface area is 115 Å². The van der Waals surface area contributed by atoms with E-state index in [-0.39, 0.29) is 0 Å². The molecule has 1 fully saturated rings. The van der Waals surface area contributed by atoms with Crippen LogP contribution in [0, 0.1) is 6.92 Å². The first kappa shape index (κ1) is 14.0. The van der Waals surface area contributed by atoms with Crippen LogP contribution >= 0.6 is 11.3 Å². The minimum Gasteiger partial charge on any atom is -0.313 e. The van der Waals surface area contributed by atoms with Gasteiger partial charge >= 0.3 is 0 Å². The summed E-state index contributed by atoms with van der Waals surface area (Å²) in [6, 6.07) is 0.705. The van der Waals surface area contributed by atoms with Crippen LogP contribution in [-0.2, 0) is 6.54 Å². The van der Waals surface area contributed by atoms with Gasteiger partial charge in [-0.2, -0.15) is 0 Å². The van der Waals surface area contributed by atoms with E-state index in [0.29, 0.717) is 6.04 Å². The molecule has 1 saturated heterocycles. The lowest BCUT2D eigenvalue weighted by atomic mass is 10.2. The van der Waals surface area contributed by atoms with Crippen molar-refractivity contribution in [3.05, 3.63) is 16.1 Å². The van der Waals surface area contributed by atoms with Gasteiger partial charge in [-0.1, -0.05) is 13.3 Å². The van der Waals surface area contributed by atoms with Crippen LogP contribution in [0.4, 0.5) is 0 Å². The summed E-state index contributed by atoms with van der Waals surface area (Å²) in [7, 11) is 0. The maximum atomic E-state index is 4.36. The van der Waals surface area contributed by atoms with Crippen molar-refractivity contribution in [1.82, 2.24) is 15.2 Å². The molecule has 2 heterocycles. The zero-order valence-corrected chi connectivity index (χ0v) is 12.4. The van der Waals surface area contributed by atoms with Crippen LogP contribution in [0.3, 0.4) is 0 Å². The maximum absolute atomic E-state index is 4.36. The Morgan fingerprint density at radius 2 is 2.44 bits per heavy atom. The van der Waals surface area contributed by atoms with Crippen LogP contribution < -0.4 is 5.32 Å². The molecule has 0 amide bonds. The number of thiazole rings is 1. The SMILES string of the molecule is CCCCN(Cc1cnc(C)s1)CC1CCCN1. The van der Waals surface area contributed by atoms with Crippen LogP contribution in [0.2, 0.25) is 0 Å². The van der Waals surface area contributed by atoms with Gasteiger partial charge in [0.15, 0.2) is 0 Å². The van der Waals surface area contributed by atoms with Gasteiger partial charge < -0.3 is 5.32 Å². The topological polar surface area (TPSA) is 28.2 Å². The van der Waals surface area contributed by atoms with E-state index in [1.807, 2.05) is 17.5 Å². The van der Waals surface area contributed by atoms with E-state index in [9.17, 15) is 0 Å². The highest BCUT2D eigenvalue weighted by atomic mass is 32.1. The Morgan fingerprint density at radius 1 is 1.56 bits per heavy atom. The van der Waals surface area contributed by atoms with Gasteiger partial charge in [0, 0.05) is 30.2 Å². The van der Waals surface area contributed by atoms with Gasteiger partial charge in [0.2, 0.25) is 0 Å². The Bertz CT molecular complexity index is 345. The zero-order valence-electron chi connectivity index (χ0n) is 11.6. The first-order chi connectivity index (χ1) is 8.78. The van der Waals surface area contributed by atoms with Gasteiger partial charge in [-0.15, -0.1) is 11.3 Å². The summed E-state index contributed by atoms with van der Waals surface area (Å²) in [4.78, 5) is 8.36. The standard InChI is InChI=1S/C14H25N3S/c1-3-4-8-17(10-13-6-5-7-15-13)11-14-9-16-12(2)18-14/h9,13,15H,3-8,10-11H2,1-2H3. The van der Waals surface area contributed by atoms with Crippen molar-refractivity contribution in [3.8, 4) is 0 Å². The molecule has 0 aliphatic carbocycles. The number of aryl methyl sites for hydroxylation is 1. The Morgan fingerprint density at radius 3 is 3.06 bits per heavy atom. The number of nitrogens with zero attached hydrogens (tertiary/aromatic N) is 2. The van der Waals surface area contributed by atoms with Crippen molar-refractivity contribution < 1.29 is 0 Å². The molecule has 2 rings (SSSR count). The van der Waals surface area contributed by atoms with Crippen molar-refractivity contribution in [3.63, 3.8) is 0 Å². The second-order valence-corrected chi connectivity index (χ2v) is 6.55. The minimum atomic E-state index is 0.705. The molecule has 4 heteroatoms. The summed E-state index contributed by atoms with van der Waals surface area (Å²) in [6.07, 6.45) is 7.29. The van der Waals surface area contributed by atoms with E-state index in [1.54, 1.807) is 0 Å². The molecular weight excluding hydrogens is 242 g/mol. The molecule has 1 aromatic heterocycles.